The minimum atomic E-state index is -3.66. The number of carbonyl (C=O) groups excluding carboxylic acids is 1. The van der Waals surface area contributed by atoms with Crippen molar-refractivity contribution >= 4 is 15.8 Å². The highest BCUT2D eigenvalue weighted by atomic mass is 32.2. The van der Waals surface area contributed by atoms with Gasteiger partial charge in [0.25, 0.3) is 0 Å². The van der Waals surface area contributed by atoms with Crippen molar-refractivity contribution in [1.82, 2.24) is 4.31 Å². The lowest BCUT2D eigenvalue weighted by molar-refractivity contribution is -0.123. The van der Waals surface area contributed by atoms with Crippen LogP contribution in [0.5, 0.6) is 5.75 Å². The van der Waals surface area contributed by atoms with E-state index >= 15 is 0 Å². The van der Waals surface area contributed by atoms with Gasteiger partial charge in [0.2, 0.25) is 10.0 Å². The average molecular weight is 335 g/mol. The predicted octanol–water partition coefficient (Wildman–Crippen LogP) is 2.14. The van der Waals surface area contributed by atoms with Crippen molar-refractivity contribution in [2.45, 2.75) is 56.0 Å². The number of ketones is 1. The van der Waals surface area contributed by atoms with E-state index in [9.17, 15) is 13.2 Å². The number of rotatable bonds is 3. The summed E-state index contributed by atoms with van der Waals surface area (Å²) in [7, 11) is -3.66. The van der Waals surface area contributed by atoms with Crippen LogP contribution in [0.1, 0.15) is 38.2 Å². The molecule has 6 heteroatoms. The quantitative estimate of drug-likeness (QED) is 0.849. The Bertz CT molecular complexity index is 754. The number of benzene rings is 1. The highest BCUT2D eigenvalue weighted by molar-refractivity contribution is 7.89. The summed E-state index contributed by atoms with van der Waals surface area (Å²) in [5, 5.41) is 0. The van der Waals surface area contributed by atoms with E-state index in [1.807, 2.05) is 13.0 Å². The zero-order valence-electron chi connectivity index (χ0n) is 13.2. The van der Waals surface area contributed by atoms with Gasteiger partial charge >= 0.3 is 0 Å². The van der Waals surface area contributed by atoms with Gasteiger partial charge in [0, 0.05) is 31.3 Å². The maximum atomic E-state index is 13.3. The van der Waals surface area contributed by atoms with Crippen LogP contribution in [-0.2, 0) is 21.2 Å². The van der Waals surface area contributed by atoms with Gasteiger partial charge in [-0.15, -0.1) is 0 Å². The number of Topliss-reactive ketones (excluding diaryl/α,β-unsaturated/α-hetero) is 1. The van der Waals surface area contributed by atoms with Crippen LogP contribution in [-0.4, -0.2) is 37.2 Å². The Kier molecular flexibility index (Phi) is 3.50. The number of hydrogen-bond donors (Lipinski definition) is 0. The minimum Gasteiger partial charge on any atom is -0.492 e. The number of ether oxygens (including phenoxy) is 1. The molecule has 1 aromatic rings. The summed E-state index contributed by atoms with van der Waals surface area (Å²) in [5.74, 6) is 1.01. The van der Waals surface area contributed by atoms with Gasteiger partial charge in [0.15, 0.2) is 0 Å². The second-order valence-corrected chi connectivity index (χ2v) is 8.69. The van der Waals surface area contributed by atoms with E-state index < -0.39 is 10.0 Å². The third-order valence-electron chi connectivity index (χ3n) is 5.12. The number of piperidine rings is 1. The SMILES string of the molecule is C[C@H]1CC(=O)C[C@H](C2CC2)N1S(=O)(=O)c1cccc2c1OCC2. The summed E-state index contributed by atoms with van der Waals surface area (Å²) in [5.41, 5.74) is 0.954. The summed E-state index contributed by atoms with van der Waals surface area (Å²) in [6.45, 7) is 2.37. The Hall–Kier alpha value is -1.40. The molecule has 2 atom stereocenters. The van der Waals surface area contributed by atoms with Crippen LogP contribution in [0, 0.1) is 5.92 Å². The molecular formula is C17H21NO4S. The Balaban J connectivity index is 1.78. The number of nitrogens with zero attached hydrogens (tertiary/aromatic N) is 1. The molecule has 23 heavy (non-hydrogen) atoms. The van der Waals surface area contributed by atoms with Crippen molar-refractivity contribution in [2.24, 2.45) is 5.92 Å². The first-order chi connectivity index (χ1) is 11.0. The number of fused-ring (bicyclic) bond motifs is 1. The number of sulfonamides is 1. The van der Waals surface area contributed by atoms with Gasteiger partial charge in [-0.2, -0.15) is 4.31 Å². The fourth-order valence-corrected chi connectivity index (χ4v) is 5.98. The van der Waals surface area contributed by atoms with E-state index in [0.29, 0.717) is 31.1 Å². The maximum absolute atomic E-state index is 13.3. The molecule has 1 saturated heterocycles. The summed E-state index contributed by atoms with van der Waals surface area (Å²) in [4.78, 5) is 12.2. The summed E-state index contributed by atoms with van der Waals surface area (Å²) in [6.07, 6.45) is 3.43. The van der Waals surface area contributed by atoms with Gasteiger partial charge in [-0.3, -0.25) is 4.79 Å². The van der Waals surface area contributed by atoms with Gasteiger partial charge < -0.3 is 4.74 Å². The van der Waals surface area contributed by atoms with E-state index in [4.69, 9.17) is 4.74 Å². The molecule has 1 aromatic carbocycles. The number of para-hydroxylation sites is 1. The van der Waals surface area contributed by atoms with Crippen molar-refractivity contribution in [1.29, 1.82) is 0 Å². The predicted molar refractivity (Wildman–Crippen MR) is 84.9 cm³/mol. The summed E-state index contributed by atoms with van der Waals surface area (Å²) in [6, 6.07) is 4.86. The molecule has 4 rings (SSSR count). The summed E-state index contributed by atoms with van der Waals surface area (Å²) < 4.78 is 33.9. The van der Waals surface area contributed by atoms with Crippen LogP contribution < -0.4 is 4.74 Å². The molecule has 0 unspecified atom stereocenters. The van der Waals surface area contributed by atoms with E-state index in [1.54, 1.807) is 16.4 Å². The van der Waals surface area contributed by atoms with Gasteiger partial charge in [-0.1, -0.05) is 12.1 Å². The first-order valence-corrected chi connectivity index (χ1v) is 9.72. The highest BCUT2D eigenvalue weighted by Gasteiger charge is 2.48. The van der Waals surface area contributed by atoms with Crippen LogP contribution in [0.4, 0.5) is 0 Å². The largest absolute Gasteiger partial charge is 0.492 e. The fourth-order valence-electron chi connectivity index (χ4n) is 3.93. The van der Waals surface area contributed by atoms with E-state index in [-0.39, 0.29) is 22.8 Å². The van der Waals surface area contributed by atoms with Crippen LogP contribution >= 0.6 is 0 Å². The van der Waals surface area contributed by atoms with Gasteiger partial charge in [-0.25, -0.2) is 8.42 Å². The molecule has 3 aliphatic rings. The Morgan fingerprint density at radius 3 is 2.74 bits per heavy atom. The van der Waals surface area contributed by atoms with Crippen molar-refractivity contribution in [2.75, 3.05) is 6.61 Å². The number of carbonyl (C=O) groups is 1. The lowest BCUT2D eigenvalue weighted by Gasteiger charge is -2.39. The Morgan fingerprint density at radius 2 is 2.00 bits per heavy atom. The normalized spacial score (nSPS) is 28.5. The van der Waals surface area contributed by atoms with Crippen molar-refractivity contribution < 1.29 is 17.9 Å². The smallest absolute Gasteiger partial charge is 0.247 e. The fraction of sp³-hybridized carbons (Fsp3) is 0.588. The Labute approximate surface area is 136 Å². The molecule has 0 spiro atoms. The first-order valence-electron chi connectivity index (χ1n) is 8.28. The topological polar surface area (TPSA) is 63.7 Å². The average Bonchev–Trinajstić information content (AvgIpc) is 3.22. The highest BCUT2D eigenvalue weighted by Crippen LogP contribution is 2.44. The second kappa shape index (κ2) is 5.31. The van der Waals surface area contributed by atoms with Crippen LogP contribution in [0.15, 0.2) is 23.1 Å². The molecule has 2 fully saturated rings. The van der Waals surface area contributed by atoms with E-state index in [2.05, 4.69) is 0 Å². The van der Waals surface area contributed by atoms with Crippen LogP contribution in [0.25, 0.3) is 0 Å². The van der Waals surface area contributed by atoms with Crippen LogP contribution in [0.2, 0.25) is 0 Å². The molecule has 1 saturated carbocycles. The van der Waals surface area contributed by atoms with E-state index in [0.717, 1.165) is 24.8 Å². The molecule has 0 N–H and O–H groups in total. The standard InChI is InChI=1S/C17H21NO4S/c1-11-9-14(19)10-15(12-5-6-12)18(11)23(20,21)16-4-2-3-13-7-8-22-17(13)16/h2-4,11-12,15H,5-10H2,1H3/t11-,15+/m0/s1. The Morgan fingerprint density at radius 1 is 1.22 bits per heavy atom. The lowest BCUT2D eigenvalue weighted by Crippen LogP contribution is -2.52. The van der Waals surface area contributed by atoms with Gasteiger partial charge in [0.05, 0.1) is 6.61 Å². The third kappa shape index (κ3) is 2.48. The molecule has 2 aliphatic heterocycles. The molecule has 5 nitrogen and oxygen atoms in total. The van der Waals surface area contributed by atoms with Crippen LogP contribution in [0.3, 0.4) is 0 Å². The molecule has 2 heterocycles. The first kappa shape index (κ1) is 15.1. The minimum absolute atomic E-state index is 0.176. The monoisotopic (exact) mass is 335 g/mol. The molecule has 0 radical (unpaired) electrons. The molecular weight excluding hydrogens is 314 g/mol. The molecule has 124 valence electrons. The van der Waals surface area contributed by atoms with Crippen molar-refractivity contribution in [3.63, 3.8) is 0 Å². The zero-order chi connectivity index (χ0) is 16.2. The second-order valence-electron chi connectivity index (χ2n) is 6.88. The van der Waals surface area contributed by atoms with Gasteiger partial charge in [-0.05, 0) is 37.3 Å². The molecule has 0 bridgehead atoms. The van der Waals surface area contributed by atoms with Crippen molar-refractivity contribution in [3.8, 4) is 5.75 Å². The van der Waals surface area contributed by atoms with Gasteiger partial charge in [0.1, 0.15) is 16.4 Å². The molecule has 0 amide bonds. The third-order valence-corrected chi connectivity index (χ3v) is 7.18. The number of hydrogen-bond acceptors (Lipinski definition) is 4. The zero-order valence-corrected chi connectivity index (χ0v) is 14.0. The van der Waals surface area contributed by atoms with E-state index in [1.165, 1.54) is 0 Å². The molecule has 1 aliphatic carbocycles. The molecule has 0 aromatic heterocycles. The lowest BCUT2D eigenvalue weighted by atomic mass is 9.95. The summed E-state index contributed by atoms with van der Waals surface area (Å²) >= 11 is 0. The maximum Gasteiger partial charge on any atom is 0.247 e. The van der Waals surface area contributed by atoms with Crippen molar-refractivity contribution in [3.05, 3.63) is 23.8 Å².